The fourth-order valence-electron chi connectivity index (χ4n) is 2.77. The Bertz CT molecular complexity index is 1140. The molecule has 0 saturated carbocycles. The third kappa shape index (κ3) is 5.96. The van der Waals surface area contributed by atoms with Gasteiger partial charge in [0.25, 0.3) is 0 Å². The van der Waals surface area contributed by atoms with Gasteiger partial charge in [-0.1, -0.05) is 36.4 Å². The van der Waals surface area contributed by atoms with Crippen molar-refractivity contribution >= 4 is 34.9 Å². The second-order valence-corrected chi connectivity index (χ2v) is 6.95. The zero-order valence-corrected chi connectivity index (χ0v) is 17.1. The van der Waals surface area contributed by atoms with Crippen molar-refractivity contribution in [3.05, 3.63) is 108 Å². The van der Waals surface area contributed by atoms with Crippen LogP contribution in [0, 0.1) is 0 Å². The molecule has 0 aliphatic heterocycles. The maximum absolute atomic E-state index is 9.30. The standard InChI is InChI=1S/C26H20N4O2/c31-25-15-11-23(12-16-25)29-27-21-7-3-19(4-8-21)1-2-20-5-9-22(10-6-20)28-30-24-13-17-26(32)18-14-24/h1-18,31-32H/b2-1+,29-27?,30-28?. The summed E-state index contributed by atoms with van der Waals surface area (Å²) >= 11 is 0. The highest BCUT2D eigenvalue weighted by molar-refractivity contribution is 5.70. The lowest BCUT2D eigenvalue weighted by molar-refractivity contribution is 0.475. The first-order valence-corrected chi connectivity index (χ1v) is 9.94. The summed E-state index contributed by atoms with van der Waals surface area (Å²) in [5.74, 6) is 0.404. The van der Waals surface area contributed by atoms with Gasteiger partial charge in [0.05, 0.1) is 22.7 Å². The summed E-state index contributed by atoms with van der Waals surface area (Å²) in [6.07, 6.45) is 4.04. The maximum atomic E-state index is 9.30. The summed E-state index contributed by atoms with van der Waals surface area (Å²) < 4.78 is 0. The molecule has 2 N–H and O–H groups in total. The first-order chi connectivity index (χ1) is 15.6. The van der Waals surface area contributed by atoms with E-state index in [2.05, 4.69) is 20.5 Å². The lowest BCUT2D eigenvalue weighted by Crippen LogP contribution is -1.73. The molecule has 4 aromatic rings. The molecular weight excluding hydrogens is 400 g/mol. The Kier molecular flexibility index (Phi) is 6.43. The quantitative estimate of drug-likeness (QED) is 0.244. The van der Waals surface area contributed by atoms with Gasteiger partial charge in [-0.25, -0.2) is 0 Å². The van der Waals surface area contributed by atoms with Crippen molar-refractivity contribution in [3.63, 3.8) is 0 Å². The minimum atomic E-state index is 0.202. The van der Waals surface area contributed by atoms with Crippen molar-refractivity contribution in [1.82, 2.24) is 0 Å². The summed E-state index contributed by atoms with van der Waals surface area (Å²) in [4.78, 5) is 0. The molecule has 0 heterocycles. The number of nitrogens with zero attached hydrogens (tertiary/aromatic N) is 4. The fraction of sp³-hybridized carbons (Fsp3) is 0. The van der Waals surface area contributed by atoms with Crippen molar-refractivity contribution < 1.29 is 10.2 Å². The molecule has 4 aromatic carbocycles. The van der Waals surface area contributed by atoms with Gasteiger partial charge in [-0.3, -0.25) is 0 Å². The van der Waals surface area contributed by atoms with Crippen LogP contribution in [0.2, 0.25) is 0 Å². The Balaban J connectivity index is 1.35. The summed E-state index contributed by atoms with van der Waals surface area (Å²) in [7, 11) is 0. The molecule has 6 heteroatoms. The smallest absolute Gasteiger partial charge is 0.115 e. The molecule has 0 aromatic heterocycles. The highest BCUT2D eigenvalue weighted by atomic mass is 16.3. The van der Waals surface area contributed by atoms with E-state index in [0.717, 1.165) is 22.5 Å². The van der Waals surface area contributed by atoms with Crippen molar-refractivity contribution in [2.75, 3.05) is 0 Å². The Morgan fingerprint density at radius 3 is 0.906 bits per heavy atom. The highest BCUT2D eigenvalue weighted by Crippen LogP contribution is 2.23. The van der Waals surface area contributed by atoms with E-state index >= 15 is 0 Å². The fourth-order valence-corrected chi connectivity index (χ4v) is 2.77. The predicted octanol–water partition coefficient (Wildman–Crippen LogP) is 8.10. The molecule has 0 aliphatic carbocycles. The van der Waals surface area contributed by atoms with Gasteiger partial charge >= 0.3 is 0 Å². The minimum Gasteiger partial charge on any atom is -0.508 e. The minimum absolute atomic E-state index is 0.202. The number of hydrogen-bond acceptors (Lipinski definition) is 6. The molecule has 0 unspecified atom stereocenters. The van der Waals surface area contributed by atoms with E-state index in [0.29, 0.717) is 11.4 Å². The van der Waals surface area contributed by atoms with Crippen molar-refractivity contribution in [2.24, 2.45) is 20.5 Å². The molecular formula is C26H20N4O2. The van der Waals surface area contributed by atoms with Crippen LogP contribution in [0.1, 0.15) is 11.1 Å². The van der Waals surface area contributed by atoms with Crippen LogP contribution in [0.5, 0.6) is 11.5 Å². The van der Waals surface area contributed by atoms with Crippen LogP contribution >= 0.6 is 0 Å². The van der Waals surface area contributed by atoms with E-state index in [1.54, 1.807) is 48.5 Å². The molecule has 156 valence electrons. The van der Waals surface area contributed by atoms with Crippen LogP contribution in [0.25, 0.3) is 12.2 Å². The lowest BCUT2D eigenvalue weighted by atomic mass is 10.1. The molecule has 0 fully saturated rings. The Labute approximate surface area is 185 Å². The van der Waals surface area contributed by atoms with Gasteiger partial charge in [0, 0.05) is 0 Å². The molecule has 4 rings (SSSR count). The van der Waals surface area contributed by atoms with E-state index in [-0.39, 0.29) is 11.5 Å². The van der Waals surface area contributed by atoms with E-state index in [9.17, 15) is 10.2 Å². The van der Waals surface area contributed by atoms with Crippen molar-refractivity contribution in [2.45, 2.75) is 0 Å². The largest absolute Gasteiger partial charge is 0.508 e. The molecule has 6 nitrogen and oxygen atoms in total. The molecule has 0 amide bonds. The van der Waals surface area contributed by atoms with Crippen LogP contribution in [-0.2, 0) is 0 Å². The molecule has 0 spiro atoms. The van der Waals surface area contributed by atoms with Gasteiger partial charge in [0.1, 0.15) is 11.5 Å². The number of benzene rings is 4. The van der Waals surface area contributed by atoms with Crippen LogP contribution in [0.3, 0.4) is 0 Å². The normalized spacial score (nSPS) is 11.6. The zero-order valence-electron chi connectivity index (χ0n) is 17.1. The van der Waals surface area contributed by atoms with Crippen LogP contribution < -0.4 is 0 Å². The number of hydrogen-bond donors (Lipinski definition) is 2. The van der Waals surface area contributed by atoms with E-state index in [4.69, 9.17) is 0 Å². The zero-order chi connectivity index (χ0) is 22.2. The average molecular weight is 420 g/mol. The van der Waals surface area contributed by atoms with Crippen molar-refractivity contribution in [3.8, 4) is 11.5 Å². The molecule has 0 bridgehead atoms. The number of azo groups is 2. The second-order valence-electron chi connectivity index (χ2n) is 6.95. The molecule has 0 aliphatic rings. The Morgan fingerprint density at radius 2 is 0.625 bits per heavy atom. The summed E-state index contributed by atoms with van der Waals surface area (Å²) in [6, 6.07) is 28.6. The van der Waals surface area contributed by atoms with Crippen LogP contribution in [0.4, 0.5) is 22.7 Å². The Hall–Kier alpha value is -4.58. The number of rotatable bonds is 6. The second kappa shape index (κ2) is 9.95. The van der Waals surface area contributed by atoms with E-state index < -0.39 is 0 Å². The van der Waals surface area contributed by atoms with Crippen LogP contribution in [0.15, 0.2) is 118 Å². The Morgan fingerprint density at radius 1 is 0.375 bits per heavy atom. The first kappa shape index (κ1) is 20.7. The molecule has 32 heavy (non-hydrogen) atoms. The van der Waals surface area contributed by atoms with Gasteiger partial charge in [0.2, 0.25) is 0 Å². The summed E-state index contributed by atoms with van der Waals surface area (Å²) in [6.45, 7) is 0. The third-order valence-corrected chi connectivity index (χ3v) is 4.52. The highest BCUT2D eigenvalue weighted by Gasteiger charge is 1.95. The predicted molar refractivity (Wildman–Crippen MR) is 126 cm³/mol. The SMILES string of the molecule is Oc1ccc(N=Nc2ccc(/C=C/c3ccc(N=Nc4ccc(O)cc4)cc3)cc2)cc1. The molecule has 0 atom stereocenters. The van der Waals surface area contributed by atoms with E-state index in [1.165, 1.54) is 0 Å². The van der Waals surface area contributed by atoms with Gasteiger partial charge in [0.15, 0.2) is 0 Å². The lowest BCUT2D eigenvalue weighted by Gasteiger charge is -1.98. The van der Waals surface area contributed by atoms with Gasteiger partial charge in [-0.15, -0.1) is 0 Å². The number of aromatic hydroxyl groups is 2. The number of phenols is 2. The maximum Gasteiger partial charge on any atom is 0.115 e. The van der Waals surface area contributed by atoms with Gasteiger partial charge < -0.3 is 10.2 Å². The average Bonchev–Trinajstić information content (AvgIpc) is 2.83. The summed E-state index contributed by atoms with van der Waals surface area (Å²) in [5, 5.41) is 35.3. The number of phenolic OH excluding ortho intramolecular Hbond substituents is 2. The van der Waals surface area contributed by atoms with Crippen LogP contribution in [-0.4, -0.2) is 10.2 Å². The summed E-state index contributed by atoms with van der Waals surface area (Å²) in [5.41, 5.74) is 4.95. The van der Waals surface area contributed by atoms with E-state index in [1.807, 2.05) is 60.7 Å². The topological polar surface area (TPSA) is 89.9 Å². The molecule has 0 radical (unpaired) electrons. The third-order valence-electron chi connectivity index (χ3n) is 4.52. The molecule has 0 saturated heterocycles. The first-order valence-electron chi connectivity index (χ1n) is 9.94. The monoisotopic (exact) mass is 420 g/mol. The van der Waals surface area contributed by atoms with Gasteiger partial charge in [-0.05, 0) is 83.9 Å². The van der Waals surface area contributed by atoms with Crippen molar-refractivity contribution in [1.29, 1.82) is 0 Å². The van der Waals surface area contributed by atoms with Gasteiger partial charge in [-0.2, -0.15) is 20.5 Å².